The number of hydrogen-bond acceptors (Lipinski definition) is 2. The van der Waals surface area contributed by atoms with Gasteiger partial charge in [-0.25, -0.2) is 4.79 Å². The zero-order valence-corrected chi connectivity index (χ0v) is 8.53. The number of piperidine rings is 1. The largest absolute Gasteiger partial charge is 0.465 e. The smallest absolute Gasteiger partial charge is 0.407 e. The highest BCUT2D eigenvalue weighted by molar-refractivity contribution is 5.65. The summed E-state index contributed by atoms with van der Waals surface area (Å²) in [4.78, 5) is 12.5. The molecule has 0 spiro atoms. The molecule has 4 heteroatoms. The second-order valence-corrected chi connectivity index (χ2v) is 4.70. The van der Waals surface area contributed by atoms with Crippen molar-refractivity contribution in [3.05, 3.63) is 0 Å². The van der Waals surface area contributed by atoms with Crippen LogP contribution in [0.25, 0.3) is 0 Å². The SMILES string of the molecule is COCC12CCC(CN(C(=O)O)C1)C2. The lowest BCUT2D eigenvalue weighted by atomic mass is 9.83. The lowest BCUT2D eigenvalue weighted by Gasteiger charge is -2.38. The van der Waals surface area contributed by atoms with E-state index in [-0.39, 0.29) is 5.41 Å². The predicted molar refractivity (Wildman–Crippen MR) is 51.2 cm³/mol. The summed E-state index contributed by atoms with van der Waals surface area (Å²) >= 11 is 0. The average molecular weight is 199 g/mol. The minimum atomic E-state index is -0.780. The van der Waals surface area contributed by atoms with E-state index in [1.807, 2.05) is 0 Å². The summed E-state index contributed by atoms with van der Waals surface area (Å²) in [5.74, 6) is 0.565. The topological polar surface area (TPSA) is 49.8 Å². The predicted octanol–water partition coefficient (Wildman–Crippen LogP) is 1.41. The zero-order valence-electron chi connectivity index (χ0n) is 8.53. The van der Waals surface area contributed by atoms with E-state index in [2.05, 4.69) is 0 Å². The molecule has 1 amide bonds. The number of amides is 1. The van der Waals surface area contributed by atoms with Crippen molar-refractivity contribution >= 4 is 6.09 Å². The van der Waals surface area contributed by atoms with Crippen molar-refractivity contribution in [1.82, 2.24) is 4.90 Å². The third-order valence-electron chi connectivity index (χ3n) is 3.53. The van der Waals surface area contributed by atoms with Gasteiger partial charge in [-0.15, -0.1) is 0 Å². The molecule has 0 radical (unpaired) electrons. The van der Waals surface area contributed by atoms with E-state index >= 15 is 0 Å². The first-order valence-corrected chi connectivity index (χ1v) is 5.12. The highest BCUT2D eigenvalue weighted by Gasteiger charge is 2.46. The summed E-state index contributed by atoms with van der Waals surface area (Å²) in [6.45, 7) is 2.08. The molecule has 2 unspecified atom stereocenters. The first-order valence-electron chi connectivity index (χ1n) is 5.12. The van der Waals surface area contributed by atoms with Crippen LogP contribution >= 0.6 is 0 Å². The Morgan fingerprint density at radius 1 is 1.71 bits per heavy atom. The first-order chi connectivity index (χ1) is 6.65. The average Bonchev–Trinajstić information content (AvgIpc) is 2.42. The maximum Gasteiger partial charge on any atom is 0.407 e. The quantitative estimate of drug-likeness (QED) is 0.731. The summed E-state index contributed by atoms with van der Waals surface area (Å²) in [5, 5.41) is 8.97. The molecule has 1 aliphatic carbocycles. The van der Waals surface area contributed by atoms with Crippen LogP contribution < -0.4 is 0 Å². The van der Waals surface area contributed by atoms with Crippen molar-refractivity contribution in [1.29, 1.82) is 0 Å². The second-order valence-electron chi connectivity index (χ2n) is 4.70. The molecule has 1 N–H and O–H groups in total. The van der Waals surface area contributed by atoms with Crippen LogP contribution in [0.5, 0.6) is 0 Å². The van der Waals surface area contributed by atoms with Gasteiger partial charge in [0.05, 0.1) is 6.61 Å². The normalized spacial score (nSPS) is 36.1. The van der Waals surface area contributed by atoms with E-state index in [0.29, 0.717) is 19.1 Å². The van der Waals surface area contributed by atoms with E-state index in [9.17, 15) is 4.79 Å². The van der Waals surface area contributed by atoms with Gasteiger partial charge in [0.1, 0.15) is 0 Å². The van der Waals surface area contributed by atoms with Crippen molar-refractivity contribution in [2.75, 3.05) is 26.8 Å². The summed E-state index contributed by atoms with van der Waals surface area (Å²) in [7, 11) is 1.70. The van der Waals surface area contributed by atoms with Crippen molar-refractivity contribution in [3.63, 3.8) is 0 Å². The Morgan fingerprint density at radius 3 is 3.14 bits per heavy atom. The standard InChI is InChI=1S/C10H17NO3/c1-14-7-10-3-2-8(4-10)5-11(6-10)9(12)13/h8H,2-7H2,1H3,(H,12,13). The highest BCUT2D eigenvalue weighted by atomic mass is 16.5. The van der Waals surface area contributed by atoms with E-state index in [1.54, 1.807) is 12.0 Å². The van der Waals surface area contributed by atoms with Crippen LogP contribution in [0.4, 0.5) is 4.79 Å². The monoisotopic (exact) mass is 199 g/mol. The Hall–Kier alpha value is -0.770. The molecule has 1 heterocycles. The Labute approximate surface area is 83.8 Å². The fourth-order valence-electron chi connectivity index (χ4n) is 3.04. The minimum absolute atomic E-state index is 0.121. The van der Waals surface area contributed by atoms with Crippen molar-refractivity contribution in [2.45, 2.75) is 19.3 Å². The number of carboxylic acid groups (broad SMARTS) is 1. The van der Waals surface area contributed by atoms with Gasteiger partial charge in [0.25, 0.3) is 0 Å². The van der Waals surface area contributed by atoms with Gasteiger partial charge in [-0.05, 0) is 25.2 Å². The molecule has 0 aromatic rings. The lowest BCUT2D eigenvalue weighted by molar-refractivity contribution is 0.0250. The van der Waals surface area contributed by atoms with Crippen molar-refractivity contribution in [3.8, 4) is 0 Å². The van der Waals surface area contributed by atoms with Crippen LogP contribution in [0.15, 0.2) is 0 Å². The Kier molecular flexibility index (Phi) is 2.39. The van der Waals surface area contributed by atoms with Crippen molar-refractivity contribution in [2.24, 2.45) is 11.3 Å². The minimum Gasteiger partial charge on any atom is -0.465 e. The number of likely N-dealkylation sites (tertiary alicyclic amines) is 1. The molecule has 2 atom stereocenters. The van der Waals surface area contributed by atoms with Crippen molar-refractivity contribution < 1.29 is 14.6 Å². The number of ether oxygens (including phenoxy) is 1. The Morgan fingerprint density at radius 2 is 2.50 bits per heavy atom. The molecule has 2 rings (SSSR count). The molecule has 2 bridgehead atoms. The molecule has 2 aliphatic rings. The molecule has 14 heavy (non-hydrogen) atoms. The molecular weight excluding hydrogens is 182 g/mol. The molecule has 1 aliphatic heterocycles. The first kappa shape index (κ1) is 9.77. The van der Waals surface area contributed by atoms with Crippen LogP contribution in [0.1, 0.15) is 19.3 Å². The second kappa shape index (κ2) is 3.42. The fraction of sp³-hybridized carbons (Fsp3) is 0.900. The van der Waals surface area contributed by atoms with Crippen LogP contribution in [0.3, 0.4) is 0 Å². The summed E-state index contributed by atoms with van der Waals surface area (Å²) in [6.07, 6.45) is 2.64. The van der Waals surface area contributed by atoms with E-state index in [1.165, 1.54) is 0 Å². The van der Waals surface area contributed by atoms with Gasteiger partial charge in [-0.3, -0.25) is 0 Å². The summed E-state index contributed by atoms with van der Waals surface area (Å²) < 4.78 is 5.21. The lowest BCUT2D eigenvalue weighted by Crippen LogP contribution is -2.47. The maximum absolute atomic E-state index is 10.9. The van der Waals surface area contributed by atoms with Crippen LogP contribution in [-0.2, 0) is 4.74 Å². The van der Waals surface area contributed by atoms with Gasteiger partial charge in [0, 0.05) is 25.6 Å². The van der Waals surface area contributed by atoms with Gasteiger partial charge < -0.3 is 14.7 Å². The van der Waals surface area contributed by atoms with Crippen LogP contribution in [0.2, 0.25) is 0 Å². The highest BCUT2D eigenvalue weighted by Crippen LogP contribution is 2.46. The molecule has 1 saturated carbocycles. The van der Waals surface area contributed by atoms with Gasteiger partial charge in [-0.1, -0.05) is 0 Å². The van der Waals surface area contributed by atoms with Gasteiger partial charge >= 0.3 is 6.09 Å². The Bertz CT molecular complexity index is 240. The molecule has 4 nitrogen and oxygen atoms in total. The molecule has 80 valence electrons. The van der Waals surface area contributed by atoms with E-state index < -0.39 is 6.09 Å². The van der Waals surface area contributed by atoms with Gasteiger partial charge in [-0.2, -0.15) is 0 Å². The summed E-state index contributed by atoms with van der Waals surface area (Å²) in [5.41, 5.74) is 0.121. The molecular formula is C10H17NO3. The summed E-state index contributed by atoms with van der Waals surface area (Å²) in [6, 6.07) is 0. The number of fused-ring (bicyclic) bond motifs is 2. The molecule has 2 fully saturated rings. The molecule has 1 saturated heterocycles. The van der Waals surface area contributed by atoms with Crippen LogP contribution in [0, 0.1) is 11.3 Å². The Balaban J connectivity index is 2.08. The zero-order chi connectivity index (χ0) is 10.2. The number of methoxy groups -OCH3 is 1. The maximum atomic E-state index is 10.9. The van der Waals surface area contributed by atoms with Crippen LogP contribution in [-0.4, -0.2) is 42.9 Å². The molecule has 0 aromatic heterocycles. The third kappa shape index (κ3) is 1.59. The molecule has 0 aromatic carbocycles. The number of rotatable bonds is 2. The third-order valence-corrected chi connectivity index (χ3v) is 3.53. The number of carbonyl (C=O) groups is 1. The van der Waals surface area contributed by atoms with E-state index in [0.717, 1.165) is 25.8 Å². The number of nitrogens with zero attached hydrogens (tertiary/aromatic N) is 1. The van der Waals surface area contributed by atoms with Gasteiger partial charge in [0.15, 0.2) is 0 Å². The number of hydrogen-bond donors (Lipinski definition) is 1. The van der Waals surface area contributed by atoms with E-state index in [4.69, 9.17) is 9.84 Å². The fourth-order valence-corrected chi connectivity index (χ4v) is 3.04. The van der Waals surface area contributed by atoms with Gasteiger partial charge in [0.2, 0.25) is 0 Å².